The molecule has 1 aromatic rings. The smallest absolute Gasteiger partial charge is 0.367 e. The first-order chi connectivity index (χ1) is 9.13. The molecule has 1 rings (SSSR count). The molecule has 7 nitrogen and oxygen atoms in total. The Kier molecular flexibility index (Phi) is 6.40. The van der Waals surface area contributed by atoms with E-state index in [0.29, 0.717) is 0 Å². The predicted octanol–water partition coefficient (Wildman–Crippen LogP) is -0.253. The van der Waals surface area contributed by atoms with Gasteiger partial charge in [-0.05, 0) is 6.92 Å². The Morgan fingerprint density at radius 2 is 2.00 bits per heavy atom. The maximum atomic E-state index is 12.0. The van der Waals surface area contributed by atoms with Crippen LogP contribution in [0.25, 0.3) is 0 Å². The maximum absolute atomic E-state index is 12.0. The summed E-state index contributed by atoms with van der Waals surface area (Å²) in [7, 11) is 0. The van der Waals surface area contributed by atoms with Crippen LogP contribution in [0, 0.1) is 0 Å². The zero-order chi connectivity index (χ0) is 14.3. The molecule has 19 heavy (non-hydrogen) atoms. The maximum Gasteiger partial charge on any atom is 0.367 e. The second kappa shape index (κ2) is 7.82. The lowest BCUT2D eigenvalue weighted by Crippen LogP contribution is -2.36. The molecule has 8 heteroatoms. The predicted molar refractivity (Wildman–Crippen MR) is 68.1 cm³/mol. The van der Waals surface area contributed by atoms with Crippen molar-refractivity contribution in [2.75, 3.05) is 32.9 Å². The highest BCUT2D eigenvalue weighted by atomic mass is 32.1. The van der Waals surface area contributed by atoms with Crippen molar-refractivity contribution >= 4 is 23.2 Å². The van der Waals surface area contributed by atoms with Gasteiger partial charge >= 0.3 is 5.97 Å². The number of carbonyl (C=O) groups is 2. The lowest BCUT2D eigenvalue weighted by molar-refractivity contribution is 0.0525. The highest BCUT2D eigenvalue weighted by Gasteiger charge is 2.20. The summed E-state index contributed by atoms with van der Waals surface area (Å²) in [6.07, 6.45) is 0. The Morgan fingerprint density at radius 1 is 1.37 bits per heavy atom. The Hall–Kier alpha value is -1.51. The Balaban J connectivity index is 2.78. The van der Waals surface area contributed by atoms with E-state index in [1.54, 1.807) is 6.92 Å². The van der Waals surface area contributed by atoms with Crippen molar-refractivity contribution < 1.29 is 24.5 Å². The van der Waals surface area contributed by atoms with Gasteiger partial charge in [0.1, 0.15) is 5.69 Å². The lowest BCUT2D eigenvalue weighted by atomic mass is 10.3. The van der Waals surface area contributed by atoms with E-state index in [0.717, 1.165) is 11.3 Å². The second-order valence-electron chi connectivity index (χ2n) is 3.50. The largest absolute Gasteiger partial charge is 0.461 e. The van der Waals surface area contributed by atoms with Gasteiger partial charge in [-0.25, -0.2) is 9.78 Å². The minimum absolute atomic E-state index is 0.103. The van der Waals surface area contributed by atoms with Crippen molar-refractivity contribution in [3.63, 3.8) is 0 Å². The summed E-state index contributed by atoms with van der Waals surface area (Å²) in [5, 5.41) is 19.3. The second-order valence-corrected chi connectivity index (χ2v) is 4.36. The average Bonchev–Trinajstić information content (AvgIpc) is 2.87. The van der Waals surface area contributed by atoms with Crippen LogP contribution in [0.15, 0.2) is 5.38 Å². The fraction of sp³-hybridized carbons (Fsp3) is 0.545. The number of hydrogen-bond acceptors (Lipinski definition) is 7. The molecule has 0 unspecified atom stereocenters. The van der Waals surface area contributed by atoms with Gasteiger partial charge in [-0.15, -0.1) is 11.3 Å². The van der Waals surface area contributed by atoms with Crippen LogP contribution in [0.1, 0.15) is 27.2 Å². The quantitative estimate of drug-likeness (QED) is 0.671. The molecular weight excluding hydrogens is 272 g/mol. The molecule has 1 amide bonds. The Morgan fingerprint density at radius 3 is 2.53 bits per heavy atom. The van der Waals surface area contributed by atoms with Gasteiger partial charge in [0.15, 0.2) is 0 Å². The molecule has 0 atom stereocenters. The van der Waals surface area contributed by atoms with E-state index < -0.39 is 11.9 Å². The summed E-state index contributed by atoms with van der Waals surface area (Å²) in [5.74, 6) is -1.00. The standard InChI is InChI=1S/C11H16N2O5S/c1-2-18-11(17)9-12-8(7-19-9)10(16)13(3-5-14)4-6-15/h7,14-15H,2-6H2,1H3. The zero-order valence-corrected chi connectivity index (χ0v) is 11.4. The van der Waals surface area contributed by atoms with Crippen molar-refractivity contribution in [2.24, 2.45) is 0 Å². The van der Waals surface area contributed by atoms with Crippen LogP contribution >= 0.6 is 11.3 Å². The number of amides is 1. The number of aliphatic hydroxyl groups excluding tert-OH is 2. The third kappa shape index (κ3) is 4.27. The molecule has 0 spiro atoms. The third-order valence-corrected chi connectivity index (χ3v) is 3.02. The number of carbonyl (C=O) groups excluding carboxylic acids is 2. The fourth-order valence-corrected chi connectivity index (χ4v) is 2.06. The van der Waals surface area contributed by atoms with Crippen molar-refractivity contribution in [1.82, 2.24) is 9.88 Å². The Bertz CT molecular complexity index is 428. The fourth-order valence-electron chi connectivity index (χ4n) is 1.38. The minimum Gasteiger partial charge on any atom is -0.461 e. The summed E-state index contributed by atoms with van der Waals surface area (Å²) in [6.45, 7) is 1.71. The van der Waals surface area contributed by atoms with E-state index in [2.05, 4.69) is 4.98 Å². The van der Waals surface area contributed by atoms with E-state index in [1.165, 1.54) is 10.3 Å². The summed E-state index contributed by atoms with van der Waals surface area (Å²) in [6, 6.07) is 0. The number of rotatable bonds is 7. The van der Waals surface area contributed by atoms with Crippen LogP contribution in [-0.2, 0) is 4.74 Å². The third-order valence-electron chi connectivity index (χ3n) is 2.20. The van der Waals surface area contributed by atoms with Gasteiger partial charge in [-0.2, -0.15) is 0 Å². The molecule has 0 bridgehead atoms. The van der Waals surface area contributed by atoms with Crippen LogP contribution < -0.4 is 0 Å². The molecule has 0 aromatic carbocycles. The van der Waals surface area contributed by atoms with Crippen LogP contribution in [0.3, 0.4) is 0 Å². The number of nitrogens with zero attached hydrogens (tertiary/aromatic N) is 2. The minimum atomic E-state index is -0.567. The van der Waals surface area contributed by atoms with Gasteiger partial charge < -0.3 is 19.8 Å². The molecular formula is C11H16N2O5S. The number of aliphatic hydroxyl groups is 2. The molecule has 0 aliphatic carbocycles. The van der Waals surface area contributed by atoms with Gasteiger partial charge in [0.25, 0.3) is 5.91 Å². The van der Waals surface area contributed by atoms with E-state index in [4.69, 9.17) is 14.9 Å². The van der Waals surface area contributed by atoms with E-state index in [1.807, 2.05) is 0 Å². The van der Waals surface area contributed by atoms with Gasteiger partial charge in [-0.3, -0.25) is 4.79 Å². The number of esters is 1. The summed E-state index contributed by atoms with van der Waals surface area (Å²) < 4.78 is 4.78. The van der Waals surface area contributed by atoms with Crippen LogP contribution in [-0.4, -0.2) is 64.9 Å². The topological polar surface area (TPSA) is 100.0 Å². The number of hydrogen-bond donors (Lipinski definition) is 2. The molecule has 0 fully saturated rings. The van der Waals surface area contributed by atoms with Crippen LogP contribution in [0.4, 0.5) is 0 Å². The highest BCUT2D eigenvalue weighted by Crippen LogP contribution is 2.13. The highest BCUT2D eigenvalue weighted by molar-refractivity contribution is 7.11. The summed E-state index contributed by atoms with van der Waals surface area (Å²) in [4.78, 5) is 28.6. The molecule has 0 saturated heterocycles. The van der Waals surface area contributed by atoms with Crippen LogP contribution in [0.5, 0.6) is 0 Å². The molecule has 0 saturated carbocycles. The molecule has 0 aliphatic heterocycles. The first kappa shape index (κ1) is 15.5. The number of thiazole rings is 1. The van der Waals surface area contributed by atoms with Gasteiger partial charge in [0.05, 0.1) is 19.8 Å². The summed E-state index contributed by atoms with van der Waals surface area (Å²) >= 11 is 1.02. The molecule has 1 heterocycles. The molecule has 1 aromatic heterocycles. The first-order valence-corrected chi connectivity index (χ1v) is 6.65. The molecule has 0 aliphatic rings. The van der Waals surface area contributed by atoms with E-state index in [9.17, 15) is 9.59 Å². The Labute approximate surface area is 114 Å². The van der Waals surface area contributed by atoms with Gasteiger partial charge in [0.2, 0.25) is 5.01 Å². The van der Waals surface area contributed by atoms with Crippen molar-refractivity contribution in [1.29, 1.82) is 0 Å². The van der Waals surface area contributed by atoms with Crippen molar-refractivity contribution in [2.45, 2.75) is 6.92 Å². The zero-order valence-electron chi connectivity index (χ0n) is 10.5. The molecule has 0 radical (unpaired) electrons. The first-order valence-electron chi connectivity index (χ1n) is 5.77. The van der Waals surface area contributed by atoms with Crippen LogP contribution in [0.2, 0.25) is 0 Å². The molecule has 106 valence electrons. The van der Waals surface area contributed by atoms with Crippen molar-refractivity contribution in [3.05, 3.63) is 16.1 Å². The average molecular weight is 288 g/mol. The van der Waals surface area contributed by atoms with E-state index in [-0.39, 0.29) is 43.6 Å². The lowest BCUT2D eigenvalue weighted by Gasteiger charge is -2.19. The van der Waals surface area contributed by atoms with Gasteiger partial charge in [0, 0.05) is 18.5 Å². The monoisotopic (exact) mass is 288 g/mol. The number of ether oxygens (including phenoxy) is 1. The number of aromatic nitrogens is 1. The van der Waals surface area contributed by atoms with E-state index >= 15 is 0 Å². The SMILES string of the molecule is CCOC(=O)c1nc(C(=O)N(CCO)CCO)cs1. The molecule has 2 N–H and O–H groups in total. The van der Waals surface area contributed by atoms with Gasteiger partial charge in [-0.1, -0.05) is 0 Å². The normalized spacial score (nSPS) is 10.3. The summed E-state index contributed by atoms with van der Waals surface area (Å²) in [5.41, 5.74) is 0.106. The van der Waals surface area contributed by atoms with Crippen molar-refractivity contribution in [3.8, 4) is 0 Å².